The van der Waals surface area contributed by atoms with Crippen molar-refractivity contribution in [2.75, 3.05) is 7.05 Å². The first-order chi connectivity index (χ1) is 9.15. The predicted octanol–water partition coefficient (Wildman–Crippen LogP) is 4.28. The quantitative estimate of drug-likeness (QED) is 0.775. The SMILES string of the molecule is CNC(CCCC1CCC2(CCCCC2)O1)C(C)C. The second kappa shape index (κ2) is 7.08. The van der Waals surface area contributed by atoms with Gasteiger partial charge in [0.2, 0.25) is 0 Å². The maximum Gasteiger partial charge on any atom is 0.0687 e. The van der Waals surface area contributed by atoms with Crippen LogP contribution in [-0.2, 0) is 4.74 Å². The Morgan fingerprint density at radius 2 is 1.89 bits per heavy atom. The minimum atomic E-state index is 0.309. The molecule has 1 heterocycles. The fourth-order valence-electron chi connectivity index (χ4n) is 4.04. The first-order valence-electron chi connectivity index (χ1n) is 8.50. The molecular weight excluding hydrogens is 234 g/mol. The molecule has 0 aromatic rings. The summed E-state index contributed by atoms with van der Waals surface area (Å²) in [4.78, 5) is 0. The van der Waals surface area contributed by atoms with Crippen LogP contribution in [0.3, 0.4) is 0 Å². The van der Waals surface area contributed by atoms with Crippen LogP contribution in [0.5, 0.6) is 0 Å². The molecule has 0 bridgehead atoms. The van der Waals surface area contributed by atoms with Gasteiger partial charge in [0.05, 0.1) is 11.7 Å². The standard InChI is InChI=1S/C17H33NO/c1-14(2)16(18-3)9-7-8-15-10-13-17(19-15)11-5-4-6-12-17/h14-16,18H,4-13H2,1-3H3. The largest absolute Gasteiger partial charge is 0.372 e. The molecule has 112 valence electrons. The van der Waals surface area contributed by atoms with Crippen molar-refractivity contribution in [3.63, 3.8) is 0 Å². The zero-order valence-electron chi connectivity index (χ0n) is 13.2. The normalized spacial score (nSPS) is 28.1. The van der Waals surface area contributed by atoms with Crippen LogP contribution in [0.25, 0.3) is 0 Å². The number of ether oxygens (including phenoxy) is 1. The number of rotatable bonds is 6. The van der Waals surface area contributed by atoms with Gasteiger partial charge in [-0.05, 0) is 57.9 Å². The van der Waals surface area contributed by atoms with Crippen molar-refractivity contribution in [2.24, 2.45) is 5.92 Å². The molecule has 0 amide bonds. The van der Waals surface area contributed by atoms with Crippen molar-refractivity contribution in [1.82, 2.24) is 5.32 Å². The number of hydrogen-bond donors (Lipinski definition) is 1. The number of nitrogens with one attached hydrogen (secondary N) is 1. The zero-order valence-corrected chi connectivity index (χ0v) is 13.2. The van der Waals surface area contributed by atoms with E-state index in [0.717, 1.165) is 5.92 Å². The Morgan fingerprint density at radius 3 is 2.53 bits per heavy atom. The van der Waals surface area contributed by atoms with Gasteiger partial charge in [0, 0.05) is 6.04 Å². The van der Waals surface area contributed by atoms with Crippen LogP contribution in [-0.4, -0.2) is 24.8 Å². The molecule has 1 spiro atoms. The molecular formula is C17H33NO. The van der Waals surface area contributed by atoms with Crippen molar-refractivity contribution in [2.45, 2.75) is 95.8 Å². The topological polar surface area (TPSA) is 21.3 Å². The van der Waals surface area contributed by atoms with E-state index >= 15 is 0 Å². The second-order valence-electron chi connectivity index (χ2n) is 7.09. The van der Waals surface area contributed by atoms with Gasteiger partial charge in [0.15, 0.2) is 0 Å². The van der Waals surface area contributed by atoms with Crippen LogP contribution in [0.2, 0.25) is 0 Å². The molecule has 2 aliphatic rings. The van der Waals surface area contributed by atoms with E-state index in [9.17, 15) is 0 Å². The molecule has 0 aromatic heterocycles. The maximum absolute atomic E-state index is 6.45. The molecule has 2 fully saturated rings. The highest BCUT2D eigenvalue weighted by Gasteiger charge is 2.40. The van der Waals surface area contributed by atoms with E-state index in [1.807, 2.05) is 0 Å². The number of hydrogen-bond acceptors (Lipinski definition) is 2. The maximum atomic E-state index is 6.45. The van der Waals surface area contributed by atoms with Gasteiger partial charge in [-0.15, -0.1) is 0 Å². The Labute approximate surface area is 119 Å². The van der Waals surface area contributed by atoms with Crippen LogP contribution in [0.1, 0.15) is 78.1 Å². The first kappa shape index (κ1) is 15.3. The lowest BCUT2D eigenvalue weighted by Crippen LogP contribution is -2.32. The fraction of sp³-hybridized carbons (Fsp3) is 1.00. The molecule has 19 heavy (non-hydrogen) atoms. The zero-order chi connectivity index (χ0) is 13.7. The van der Waals surface area contributed by atoms with E-state index in [2.05, 4.69) is 26.2 Å². The van der Waals surface area contributed by atoms with Gasteiger partial charge in [-0.25, -0.2) is 0 Å². The molecule has 0 aromatic carbocycles. The molecule has 1 saturated heterocycles. The highest BCUT2D eigenvalue weighted by molar-refractivity contribution is 4.91. The summed E-state index contributed by atoms with van der Waals surface area (Å²) in [6.45, 7) is 4.62. The van der Waals surface area contributed by atoms with E-state index < -0.39 is 0 Å². The van der Waals surface area contributed by atoms with Gasteiger partial charge in [0.25, 0.3) is 0 Å². The Kier molecular flexibility index (Phi) is 5.70. The van der Waals surface area contributed by atoms with Crippen molar-refractivity contribution in [1.29, 1.82) is 0 Å². The van der Waals surface area contributed by atoms with E-state index in [-0.39, 0.29) is 0 Å². The third-order valence-electron chi connectivity index (χ3n) is 5.32. The van der Waals surface area contributed by atoms with Gasteiger partial charge in [0.1, 0.15) is 0 Å². The summed E-state index contributed by atoms with van der Waals surface area (Å²) in [5, 5.41) is 3.44. The lowest BCUT2D eigenvalue weighted by molar-refractivity contribution is -0.0662. The second-order valence-corrected chi connectivity index (χ2v) is 7.09. The Bertz CT molecular complexity index is 258. The lowest BCUT2D eigenvalue weighted by Gasteiger charge is -2.33. The smallest absolute Gasteiger partial charge is 0.0687 e. The summed E-state index contributed by atoms with van der Waals surface area (Å²) < 4.78 is 6.45. The predicted molar refractivity (Wildman–Crippen MR) is 81.5 cm³/mol. The molecule has 2 rings (SSSR count). The Hall–Kier alpha value is -0.0800. The van der Waals surface area contributed by atoms with Gasteiger partial charge in [-0.2, -0.15) is 0 Å². The minimum absolute atomic E-state index is 0.309. The van der Waals surface area contributed by atoms with Crippen LogP contribution >= 0.6 is 0 Å². The molecule has 2 unspecified atom stereocenters. The van der Waals surface area contributed by atoms with E-state index in [0.29, 0.717) is 17.7 Å². The highest BCUT2D eigenvalue weighted by Crippen LogP contribution is 2.42. The molecule has 2 atom stereocenters. The molecule has 1 N–H and O–H groups in total. The van der Waals surface area contributed by atoms with E-state index in [1.54, 1.807) is 0 Å². The third-order valence-corrected chi connectivity index (χ3v) is 5.32. The average molecular weight is 267 g/mol. The van der Waals surface area contributed by atoms with Crippen LogP contribution in [0, 0.1) is 5.92 Å². The molecule has 2 heteroatoms. The lowest BCUT2D eigenvalue weighted by atomic mass is 9.83. The monoisotopic (exact) mass is 267 g/mol. The van der Waals surface area contributed by atoms with Crippen molar-refractivity contribution >= 4 is 0 Å². The van der Waals surface area contributed by atoms with Gasteiger partial charge in [-0.3, -0.25) is 0 Å². The summed E-state index contributed by atoms with van der Waals surface area (Å²) in [5.74, 6) is 0.735. The summed E-state index contributed by atoms with van der Waals surface area (Å²) >= 11 is 0. The molecule has 0 radical (unpaired) electrons. The van der Waals surface area contributed by atoms with E-state index in [4.69, 9.17) is 4.74 Å². The molecule has 1 saturated carbocycles. The highest BCUT2D eigenvalue weighted by atomic mass is 16.5. The third kappa shape index (κ3) is 4.19. The Morgan fingerprint density at radius 1 is 1.16 bits per heavy atom. The first-order valence-corrected chi connectivity index (χ1v) is 8.50. The molecule has 1 aliphatic heterocycles. The van der Waals surface area contributed by atoms with Gasteiger partial charge < -0.3 is 10.1 Å². The van der Waals surface area contributed by atoms with Crippen LogP contribution in [0.4, 0.5) is 0 Å². The summed E-state index contributed by atoms with van der Waals surface area (Å²) in [5.41, 5.74) is 0.309. The van der Waals surface area contributed by atoms with Gasteiger partial charge >= 0.3 is 0 Å². The Balaban J connectivity index is 1.67. The van der Waals surface area contributed by atoms with E-state index in [1.165, 1.54) is 64.2 Å². The molecule has 1 aliphatic carbocycles. The summed E-state index contributed by atoms with van der Waals surface area (Å²) in [6, 6.07) is 0.671. The fourth-order valence-corrected chi connectivity index (χ4v) is 4.04. The van der Waals surface area contributed by atoms with Gasteiger partial charge in [-0.1, -0.05) is 33.1 Å². The summed E-state index contributed by atoms with van der Waals surface area (Å²) in [6.07, 6.45) is 13.9. The van der Waals surface area contributed by atoms with Crippen molar-refractivity contribution < 1.29 is 4.74 Å². The minimum Gasteiger partial charge on any atom is -0.372 e. The average Bonchev–Trinajstić information content (AvgIpc) is 2.78. The van der Waals surface area contributed by atoms with Crippen molar-refractivity contribution in [3.8, 4) is 0 Å². The van der Waals surface area contributed by atoms with Crippen LogP contribution in [0.15, 0.2) is 0 Å². The molecule has 2 nitrogen and oxygen atoms in total. The summed E-state index contributed by atoms with van der Waals surface area (Å²) in [7, 11) is 2.09. The van der Waals surface area contributed by atoms with Crippen LogP contribution < -0.4 is 5.32 Å². The van der Waals surface area contributed by atoms with Crippen molar-refractivity contribution in [3.05, 3.63) is 0 Å².